The third-order valence-electron chi connectivity index (χ3n) is 2.02. The van der Waals surface area contributed by atoms with Gasteiger partial charge in [-0.15, -0.1) is 21.7 Å². The van der Waals surface area contributed by atoms with E-state index in [9.17, 15) is 0 Å². The minimum Gasteiger partial charge on any atom is -0.122 e. The predicted molar refractivity (Wildman–Crippen MR) is 66.1 cm³/mol. The van der Waals surface area contributed by atoms with E-state index in [1.54, 1.807) is 0 Å². The number of rotatable bonds is 10. The number of hydrogen-bond acceptors (Lipinski definition) is 0. The van der Waals surface area contributed by atoms with Crippen LogP contribution in [-0.2, 0) is 0 Å². The van der Waals surface area contributed by atoms with Crippen LogP contribution in [0.3, 0.4) is 0 Å². The Morgan fingerprint density at radius 2 is 1.23 bits per heavy atom. The monoisotopic (exact) mass is 198 g/mol. The first kappa shape index (κ1) is 12.9. The summed E-state index contributed by atoms with van der Waals surface area (Å²) in [5, 5.41) is 0. The second kappa shape index (κ2) is 11.9. The Bertz CT molecular complexity index is 104. The third kappa shape index (κ3) is 11.9. The average molecular weight is 198 g/mol. The number of allylic oxidation sites excluding steroid dienone is 2. The highest BCUT2D eigenvalue weighted by Crippen LogP contribution is 2.16. The van der Waals surface area contributed by atoms with Crippen molar-refractivity contribution < 1.29 is 0 Å². The standard InChI is InChI=1S/C12H23P/c1-3-5-7-9-11-13-12-10-8-6-4-2/h3-4,13H,1-2,5-12H2. The van der Waals surface area contributed by atoms with Crippen molar-refractivity contribution in [3.63, 3.8) is 0 Å². The van der Waals surface area contributed by atoms with E-state index >= 15 is 0 Å². The summed E-state index contributed by atoms with van der Waals surface area (Å²) in [5.41, 5.74) is 0. The molecule has 0 N–H and O–H groups in total. The van der Waals surface area contributed by atoms with Crippen LogP contribution in [0.4, 0.5) is 0 Å². The molecule has 0 aliphatic heterocycles. The zero-order chi connectivity index (χ0) is 9.78. The van der Waals surface area contributed by atoms with Gasteiger partial charge in [0.1, 0.15) is 0 Å². The Morgan fingerprint density at radius 3 is 1.62 bits per heavy atom. The summed E-state index contributed by atoms with van der Waals surface area (Å²) < 4.78 is 0. The molecule has 0 saturated carbocycles. The fourth-order valence-corrected chi connectivity index (χ4v) is 2.45. The highest BCUT2D eigenvalue weighted by Gasteiger charge is 1.89. The third-order valence-corrected chi connectivity index (χ3v) is 3.44. The molecule has 0 fully saturated rings. The Labute approximate surface area is 85.3 Å². The van der Waals surface area contributed by atoms with E-state index in [0.717, 1.165) is 0 Å². The summed E-state index contributed by atoms with van der Waals surface area (Å²) in [6, 6.07) is 0. The van der Waals surface area contributed by atoms with Gasteiger partial charge in [0.05, 0.1) is 0 Å². The molecule has 0 saturated heterocycles. The molecule has 13 heavy (non-hydrogen) atoms. The van der Waals surface area contributed by atoms with Crippen LogP contribution in [0.2, 0.25) is 0 Å². The average Bonchev–Trinajstić information content (AvgIpc) is 2.16. The Morgan fingerprint density at radius 1 is 0.769 bits per heavy atom. The lowest BCUT2D eigenvalue weighted by atomic mass is 10.2. The Kier molecular flexibility index (Phi) is 11.8. The lowest BCUT2D eigenvalue weighted by Gasteiger charge is -2.00. The SMILES string of the molecule is C=CCCCCPCCCCC=C. The fraction of sp³-hybridized carbons (Fsp3) is 0.667. The molecule has 0 aromatic heterocycles. The molecule has 0 atom stereocenters. The van der Waals surface area contributed by atoms with E-state index in [-0.39, 0.29) is 0 Å². The molecule has 0 heterocycles. The normalized spacial score (nSPS) is 9.85. The van der Waals surface area contributed by atoms with Crippen LogP contribution in [0.25, 0.3) is 0 Å². The molecule has 0 aliphatic rings. The first-order chi connectivity index (χ1) is 6.41. The van der Waals surface area contributed by atoms with E-state index in [4.69, 9.17) is 0 Å². The molecule has 0 aliphatic carbocycles. The first-order valence-electron chi connectivity index (χ1n) is 5.34. The maximum Gasteiger partial charge on any atom is -0.0353 e. The van der Waals surface area contributed by atoms with E-state index in [1.165, 1.54) is 59.4 Å². The van der Waals surface area contributed by atoms with Crippen molar-refractivity contribution >= 4 is 8.58 Å². The van der Waals surface area contributed by atoms with Gasteiger partial charge in [-0.1, -0.05) is 12.2 Å². The zero-order valence-corrected chi connectivity index (χ0v) is 9.73. The number of hydrogen-bond donors (Lipinski definition) is 0. The zero-order valence-electron chi connectivity index (χ0n) is 8.73. The molecule has 1 heteroatoms. The van der Waals surface area contributed by atoms with Crippen molar-refractivity contribution in [3.05, 3.63) is 25.3 Å². The van der Waals surface area contributed by atoms with Crippen LogP contribution in [0, 0.1) is 0 Å². The van der Waals surface area contributed by atoms with Crippen molar-refractivity contribution in [2.75, 3.05) is 12.3 Å². The summed E-state index contributed by atoms with van der Waals surface area (Å²) in [5.74, 6) is 0. The van der Waals surface area contributed by atoms with Crippen LogP contribution in [0.5, 0.6) is 0 Å². The first-order valence-corrected chi connectivity index (χ1v) is 6.75. The molecule has 76 valence electrons. The van der Waals surface area contributed by atoms with Gasteiger partial charge in [0, 0.05) is 0 Å². The maximum absolute atomic E-state index is 3.72. The molecule has 0 amide bonds. The molecule has 0 radical (unpaired) electrons. The van der Waals surface area contributed by atoms with E-state index < -0.39 is 0 Å². The van der Waals surface area contributed by atoms with Crippen molar-refractivity contribution in [2.45, 2.75) is 38.5 Å². The van der Waals surface area contributed by atoms with Crippen molar-refractivity contribution in [1.82, 2.24) is 0 Å². The molecule has 0 spiro atoms. The molecule has 0 bridgehead atoms. The summed E-state index contributed by atoms with van der Waals surface area (Å²) >= 11 is 0. The van der Waals surface area contributed by atoms with Crippen molar-refractivity contribution in [2.24, 2.45) is 0 Å². The van der Waals surface area contributed by atoms with Gasteiger partial charge in [0.15, 0.2) is 0 Å². The molecule has 0 aromatic rings. The minimum atomic E-state index is 1.19. The van der Waals surface area contributed by atoms with Gasteiger partial charge in [-0.2, -0.15) is 0 Å². The van der Waals surface area contributed by atoms with E-state index in [1.807, 2.05) is 12.2 Å². The Balaban J connectivity index is 2.83. The molecule has 0 nitrogen and oxygen atoms in total. The second-order valence-electron chi connectivity index (χ2n) is 3.32. The lowest BCUT2D eigenvalue weighted by Crippen LogP contribution is -1.82. The Hall–Kier alpha value is -0.0900. The minimum absolute atomic E-state index is 1.19. The second-order valence-corrected chi connectivity index (χ2v) is 4.82. The van der Waals surface area contributed by atoms with Gasteiger partial charge >= 0.3 is 0 Å². The maximum atomic E-state index is 3.72. The lowest BCUT2D eigenvalue weighted by molar-refractivity contribution is 0.807. The molecule has 0 unspecified atom stereocenters. The summed E-state index contributed by atoms with van der Waals surface area (Å²) in [7, 11) is 1.19. The van der Waals surface area contributed by atoms with Gasteiger partial charge < -0.3 is 0 Å². The van der Waals surface area contributed by atoms with Crippen LogP contribution < -0.4 is 0 Å². The molecule has 0 aromatic carbocycles. The van der Waals surface area contributed by atoms with Crippen LogP contribution in [-0.4, -0.2) is 12.3 Å². The smallest absolute Gasteiger partial charge is 0.0353 e. The van der Waals surface area contributed by atoms with E-state index in [0.29, 0.717) is 0 Å². The van der Waals surface area contributed by atoms with E-state index in [2.05, 4.69) is 13.2 Å². The van der Waals surface area contributed by atoms with Gasteiger partial charge in [0.2, 0.25) is 0 Å². The summed E-state index contributed by atoms with van der Waals surface area (Å²) in [6.07, 6.45) is 14.8. The quantitative estimate of drug-likeness (QED) is 0.277. The van der Waals surface area contributed by atoms with Crippen molar-refractivity contribution in [3.8, 4) is 0 Å². The van der Waals surface area contributed by atoms with Crippen LogP contribution in [0.15, 0.2) is 25.3 Å². The fourth-order valence-electron chi connectivity index (χ4n) is 1.20. The topological polar surface area (TPSA) is 0 Å². The molecular formula is C12H23P. The highest BCUT2D eigenvalue weighted by molar-refractivity contribution is 7.37. The summed E-state index contributed by atoms with van der Waals surface area (Å²) in [4.78, 5) is 0. The largest absolute Gasteiger partial charge is 0.122 e. The highest BCUT2D eigenvalue weighted by atomic mass is 31.1. The van der Waals surface area contributed by atoms with Crippen LogP contribution in [0.1, 0.15) is 38.5 Å². The van der Waals surface area contributed by atoms with Gasteiger partial charge in [-0.05, 0) is 50.8 Å². The number of unbranched alkanes of at least 4 members (excludes halogenated alkanes) is 4. The molecular weight excluding hydrogens is 175 g/mol. The van der Waals surface area contributed by atoms with Crippen molar-refractivity contribution in [1.29, 1.82) is 0 Å². The van der Waals surface area contributed by atoms with Gasteiger partial charge in [-0.3, -0.25) is 0 Å². The molecule has 0 rings (SSSR count). The van der Waals surface area contributed by atoms with Crippen LogP contribution >= 0.6 is 8.58 Å². The summed E-state index contributed by atoms with van der Waals surface area (Å²) in [6.45, 7) is 7.44. The van der Waals surface area contributed by atoms with Gasteiger partial charge in [-0.25, -0.2) is 0 Å². The predicted octanol–water partition coefficient (Wildman–Crippen LogP) is 4.38. The van der Waals surface area contributed by atoms with Gasteiger partial charge in [0.25, 0.3) is 0 Å².